The molecule has 16 heavy (non-hydrogen) atoms. The van der Waals surface area contributed by atoms with Crippen molar-refractivity contribution >= 4 is 5.97 Å². The number of carboxylic acids is 1. The SMILES string of the molecule is COCCCCN(CC(=O)O)C1CCCC1. The van der Waals surface area contributed by atoms with E-state index in [0.29, 0.717) is 6.04 Å². The van der Waals surface area contributed by atoms with Crippen LogP contribution in [0.3, 0.4) is 0 Å². The molecule has 0 aromatic rings. The maximum absolute atomic E-state index is 10.8. The third kappa shape index (κ3) is 4.94. The molecule has 4 nitrogen and oxygen atoms in total. The standard InChI is InChI=1S/C12H23NO3/c1-16-9-5-4-8-13(10-12(14)15)11-6-2-3-7-11/h11H,2-10H2,1H3,(H,14,15). The van der Waals surface area contributed by atoms with Crippen LogP contribution in [0.2, 0.25) is 0 Å². The summed E-state index contributed by atoms with van der Waals surface area (Å²) in [6, 6.07) is 0.499. The predicted molar refractivity (Wildman–Crippen MR) is 62.6 cm³/mol. The molecule has 0 bridgehead atoms. The zero-order valence-corrected chi connectivity index (χ0v) is 10.2. The van der Waals surface area contributed by atoms with E-state index in [1.807, 2.05) is 0 Å². The second-order valence-electron chi connectivity index (χ2n) is 4.50. The lowest BCUT2D eigenvalue weighted by Gasteiger charge is -2.26. The van der Waals surface area contributed by atoms with Crippen LogP contribution in [0.5, 0.6) is 0 Å². The largest absolute Gasteiger partial charge is 0.480 e. The Bertz CT molecular complexity index is 202. The van der Waals surface area contributed by atoms with Crippen LogP contribution < -0.4 is 0 Å². The topological polar surface area (TPSA) is 49.8 Å². The summed E-state index contributed by atoms with van der Waals surface area (Å²) in [7, 11) is 1.70. The molecule has 0 atom stereocenters. The van der Waals surface area contributed by atoms with Crippen molar-refractivity contribution in [3.63, 3.8) is 0 Å². The summed E-state index contributed by atoms with van der Waals surface area (Å²) >= 11 is 0. The van der Waals surface area contributed by atoms with Crippen LogP contribution in [0.25, 0.3) is 0 Å². The van der Waals surface area contributed by atoms with Crippen LogP contribution in [-0.2, 0) is 9.53 Å². The van der Waals surface area contributed by atoms with Crippen LogP contribution in [0.4, 0.5) is 0 Å². The van der Waals surface area contributed by atoms with E-state index < -0.39 is 5.97 Å². The Hall–Kier alpha value is -0.610. The molecule has 0 aromatic heterocycles. The first-order chi connectivity index (χ1) is 7.74. The number of ether oxygens (including phenoxy) is 1. The van der Waals surface area contributed by atoms with Gasteiger partial charge in [0.25, 0.3) is 0 Å². The quantitative estimate of drug-likeness (QED) is 0.644. The maximum atomic E-state index is 10.8. The molecule has 0 unspecified atom stereocenters. The number of hydrogen-bond donors (Lipinski definition) is 1. The van der Waals surface area contributed by atoms with Gasteiger partial charge in [-0.2, -0.15) is 0 Å². The van der Waals surface area contributed by atoms with Crippen molar-refractivity contribution in [1.82, 2.24) is 4.90 Å². The van der Waals surface area contributed by atoms with Crippen LogP contribution in [0, 0.1) is 0 Å². The number of carboxylic acid groups (broad SMARTS) is 1. The molecule has 1 rings (SSSR count). The van der Waals surface area contributed by atoms with E-state index in [4.69, 9.17) is 9.84 Å². The summed E-state index contributed by atoms with van der Waals surface area (Å²) in [5, 5.41) is 8.88. The van der Waals surface area contributed by atoms with Gasteiger partial charge in [0.1, 0.15) is 0 Å². The summed E-state index contributed by atoms with van der Waals surface area (Å²) in [6.07, 6.45) is 6.86. The molecule has 0 aromatic carbocycles. The second-order valence-corrected chi connectivity index (χ2v) is 4.50. The molecule has 0 radical (unpaired) electrons. The third-order valence-corrected chi connectivity index (χ3v) is 3.22. The highest BCUT2D eigenvalue weighted by atomic mass is 16.5. The Morgan fingerprint density at radius 1 is 1.38 bits per heavy atom. The molecule has 4 heteroatoms. The zero-order chi connectivity index (χ0) is 11.8. The highest BCUT2D eigenvalue weighted by Crippen LogP contribution is 2.23. The van der Waals surface area contributed by atoms with E-state index in [9.17, 15) is 4.79 Å². The molecule has 1 fully saturated rings. The van der Waals surface area contributed by atoms with E-state index in [2.05, 4.69) is 4.90 Å². The van der Waals surface area contributed by atoms with Crippen molar-refractivity contribution in [3.05, 3.63) is 0 Å². The highest BCUT2D eigenvalue weighted by Gasteiger charge is 2.23. The molecule has 0 spiro atoms. The average molecular weight is 229 g/mol. The van der Waals surface area contributed by atoms with Crippen molar-refractivity contribution in [3.8, 4) is 0 Å². The van der Waals surface area contributed by atoms with Gasteiger partial charge in [0.15, 0.2) is 0 Å². The number of nitrogens with zero attached hydrogens (tertiary/aromatic N) is 1. The normalized spacial score (nSPS) is 17.1. The lowest BCUT2D eigenvalue weighted by Crippen LogP contribution is -2.38. The lowest BCUT2D eigenvalue weighted by molar-refractivity contribution is -0.138. The third-order valence-electron chi connectivity index (χ3n) is 3.22. The molecular formula is C12H23NO3. The van der Waals surface area contributed by atoms with Crippen LogP contribution in [-0.4, -0.2) is 48.8 Å². The van der Waals surface area contributed by atoms with Gasteiger partial charge in [-0.25, -0.2) is 0 Å². The molecule has 1 N–H and O–H groups in total. The van der Waals surface area contributed by atoms with E-state index in [1.54, 1.807) is 7.11 Å². The summed E-state index contributed by atoms with van der Waals surface area (Å²) in [5.74, 6) is -0.710. The van der Waals surface area contributed by atoms with Gasteiger partial charge in [-0.15, -0.1) is 0 Å². The Labute approximate surface area is 97.6 Å². The first-order valence-electron chi connectivity index (χ1n) is 6.19. The molecule has 0 heterocycles. The maximum Gasteiger partial charge on any atom is 0.317 e. The Balaban J connectivity index is 2.28. The molecule has 1 aliphatic carbocycles. The molecule has 94 valence electrons. The fraction of sp³-hybridized carbons (Fsp3) is 0.917. The van der Waals surface area contributed by atoms with Crippen molar-refractivity contribution < 1.29 is 14.6 Å². The molecule has 0 aliphatic heterocycles. The van der Waals surface area contributed by atoms with Crippen molar-refractivity contribution in [1.29, 1.82) is 0 Å². The van der Waals surface area contributed by atoms with Gasteiger partial charge in [0, 0.05) is 19.8 Å². The fourth-order valence-electron chi connectivity index (χ4n) is 2.40. The summed E-state index contributed by atoms with van der Waals surface area (Å²) in [6.45, 7) is 1.85. The molecule has 0 saturated heterocycles. The Kier molecular flexibility index (Phi) is 6.42. The second kappa shape index (κ2) is 7.63. The predicted octanol–water partition coefficient (Wildman–Crippen LogP) is 1.74. The highest BCUT2D eigenvalue weighted by molar-refractivity contribution is 5.69. The van der Waals surface area contributed by atoms with Crippen LogP contribution in [0.1, 0.15) is 38.5 Å². The van der Waals surface area contributed by atoms with Gasteiger partial charge in [0.2, 0.25) is 0 Å². The minimum absolute atomic E-state index is 0.192. The minimum atomic E-state index is -0.710. The van der Waals surface area contributed by atoms with Crippen LogP contribution in [0.15, 0.2) is 0 Å². The van der Waals surface area contributed by atoms with Crippen molar-refractivity contribution in [2.75, 3.05) is 26.8 Å². The van der Waals surface area contributed by atoms with Gasteiger partial charge in [-0.3, -0.25) is 9.69 Å². The first-order valence-corrected chi connectivity index (χ1v) is 6.19. The summed E-state index contributed by atoms with van der Waals surface area (Å²) in [5.41, 5.74) is 0. The fourth-order valence-corrected chi connectivity index (χ4v) is 2.40. The summed E-state index contributed by atoms with van der Waals surface area (Å²) in [4.78, 5) is 12.9. The van der Waals surface area contributed by atoms with Gasteiger partial charge in [-0.05, 0) is 32.2 Å². The van der Waals surface area contributed by atoms with E-state index >= 15 is 0 Å². The minimum Gasteiger partial charge on any atom is -0.480 e. The number of unbranched alkanes of at least 4 members (excludes halogenated alkanes) is 1. The molecular weight excluding hydrogens is 206 g/mol. The van der Waals surface area contributed by atoms with E-state index in [1.165, 1.54) is 12.8 Å². The molecule has 0 amide bonds. The Morgan fingerprint density at radius 3 is 2.62 bits per heavy atom. The Morgan fingerprint density at radius 2 is 2.06 bits per heavy atom. The monoisotopic (exact) mass is 229 g/mol. The lowest BCUT2D eigenvalue weighted by atomic mass is 10.2. The number of carbonyl (C=O) groups is 1. The number of methoxy groups -OCH3 is 1. The molecule has 1 saturated carbocycles. The number of hydrogen-bond acceptors (Lipinski definition) is 3. The summed E-state index contributed by atoms with van der Waals surface area (Å²) < 4.78 is 5.00. The van der Waals surface area contributed by atoms with Gasteiger partial charge >= 0.3 is 5.97 Å². The smallest absolute Gasteiger partial charge is 0.317 e. The first kappa shape index (κ1) is 13.5. The van der Waals surface area contributed by atoms with Gasteiger partial charge in [-0.1, -0.05) is 12.8 Å². The number of aliphatic carboxylic acids is 1. The average Bonchev–Trinajstić information content (AvgIpc) is 2.75. The number of rotatable bonds is 8. The van der Waals surface area contributed by atoms with E-state index in [-0.39, 0.29) is 6.54 Å². The van der Waals surface area contributed by atoms with Gasteiger partial charge < -0.3 is 9.84 Å². The van der Waals surface area contributed by atoms with Crippen molar-refractivity contribution in [2.24, 2.45) is 0 Å². The van der Waals surface area contributed by atoms with Crippen molar-refractivity contribution in [2.45, 2.75) is 44.6 Å². The zero-order valence-electron chi connectivity index (χ0n) is 10.2. The van der Waals surface area contributed by atoms with Gasteiger partial charge in [0.05, 0.1) is 6.54 Å². The molecule has 1 aliphatic rings. The van der Waals surface area contributed by atoms with Crippen LogP contribution >= 0.6 is 0 Å². The van der Waals surface area contributed by atoms with E-state index in [0.717, 1.165) is 38.8 Å².